The van der Waals surface area contributed by atoms with Gasteiger partial charge in [0.2, 0.25) is 0 Å². The van der Waals surface area contributed by atoms with E-state index >= 15 is 0 Å². The Hall–Kier alpha value is -1.18. The second-order valence-corrected chi connectivity index (χ2v) is 5.78. The predicted molar refractivity (Wildman–Crippen MR) is 77.1 cm³/mol. The number of nitrogens with one attached hydrogen (secondary N) is 2. The number of nitrogens with zero attached hydrogens (tertiary/aromatic N) is 1. The van der Waals surface area contributed by atoms with Crippen molar-refractivity contribution in [3.63, 3.8) is 0 Å². The third-order valence-electron chi connectivity index (χ3n) is 3.50. The molecule has 3 nitrogen and oxygen atoms in total. The van der Waals surface area contributed by atoms with E-state index in [1.54, 1.807) is 11.8 Å². The molecule has 0 radical (unpaired) electrons. The fourth-order valence-electron chi connectivity index (χ4n) is 2.35. The molecular formula is C14H19N3S. The first kappa shape index (κ1) is 13.3. The molecule has 1 heterocycles. The Kier molecular flexibility index (Phi) is 4.15. The van der Waals surface area contributed by atoms with Gasteiger partial charge in [0.25, 0.3) is 0 Å². The van der Waals surface area contributed by atoms with Crippen molar-refractivity contribution in [1.82, 2.24) is 5.32 Å². The second kappa shape index (κ2) is 5.64. The molecule has 0 bridgehead atoms. The highest BCUT2D eigenvalue weighted by atomic mass is 32.2. The number of nitriles is 1. The smallest absolute Gasteiger partial charge is 0.102 e. The van der Waals surface area contributed by atoms with Crippen molar-refractivity contribution in [2.45, 2.75) is 30.2 Å². The van der Waals surface area contributed by atoms with Gasteiger partial charge in [-0.05, 0) is 51.2 Å². The van der Waals surface area contributed by atoms with Gasteiger partial charge >= 0.3 is 0 Å². The minimum atomic E-state index is 0.0912. The van der Waals surface area contributed by atoms with Gasteiger partial charge in [-0.15, -0.1) is 11.8 Å². The van der Waals surface area contributed by atoms with Gasteiger partial charge in [-0.2, -0.15) is 5.26 Å². The van der Waals surface area contributed by atoms with Crippen LogP contribution in [0.15, 0.2) is 23.1 Å². The topological polar surface area (TPSA) is 47.8 Å². The first-order valence-corrected chi connectivity index (χ1v) is 7.47. The molecule has 2 rings (SSSR count). The highest BCUT2D eigenvalue weighted by molar-refractivity contribution is 7.98. The Morgan fingerprint density at radius 3 is 2.72 bits per heavy atom. The molecule has 0 aliphatic carbocycles. The zero-order chi connectivity index (χ0) is 13.0. The lowest BCUT2D eigenvalue weighted by Crippen LogP contribution is -2.45. The van der Waals surface area contributed by atoms with E-state index in [0.29, 0.717) is 0 Å². The number of anilines is 1. The van der Waals surface area contributed by atoms with Crippen molar-refractivity contribution in [1.29, 1.82) is 5.26 Å². The van der Waals surface area contributed by atoms with Crippen LogP contribution in [0.25, 0.3) is 0 Å². The lowest BCUT2D eigenvalue weighted by Gasteiger charge is -2.36. The molecule has 2 N–H and O–H groups in total. The molecule has 0 spiro atoms. The molecule has 0 aromatic heterocycles. The van der Waals surface area contributed by atoms with Crippen LogP contribution in [0.5, 0.6) is 0 Å². The maximum atomic E-state index is 9.33. The average molecular weight is 261 g/mol. The maximum absolute atomic E-state index is 9.33. The van der Waals surface area contributed by atoms with E-state index in [2.05, 4.69) is 23.6 Å². The Morgan fingerprint density at radius 2 is 2.11 bits per heavy atom. The Bertz CT molecular complexity index is 459. The predicted octanol–water partition coefficient (Wildman–Crippen LogP) is 2.83. The summed E-state index contributed by atoms with van der Waals surface area (Å²) in [5, 5.41) is 16.3. The van der Waals surface area contributed by atoms with E-state index in [0.717, 1.165) is 42.1 Å². The number of hydrogen-bond acceptors (Lipinski definition) is 4. The number of hydrogen-bond donors (Lipinski definition) is 2. The van der Waals surface area contributed by atoms with Crippen LogP contribution >= 0.6 is 11.8 Å². The molecule has 1 aliphatic heterocycles. The lowest BCUT2D eigenvalue weighted by molar-refractivity contribution is 0.365. The van der Waals surface area contributed by atoms with E-state index in [-0.39, 0.29) is 5.54 Å². The van der Waals surface area contributed by atoms with Crippen LogP contribution in [0.3, 0.4) is 0 Å². The lowest BCUT2D eigenvalue weighted by atomic mass is 9.90. The monoisotopic (exact) mass is 261 g/mol. The summed E-state index contributed by atoms with van der Waals surface area (Å²) >= 11 is 1.62. The van der Waals surface area contributed by atoms with Crippen LogP contribution in [-0.4, -0.2) is 24.9 Å². The number of benzene rings is 1. The summed E-state index contributed by atoms with van der Waals surface area (Å²) in [6, 6.07) is 8.34. The van der Waals surface area contributed by atoms with Crippen LogP contribution in [0.2, 0.25) is 0 Å². The molecule has 1 aliphatic rings. The first-order chi connectivity index (χ1) is 8.68. The summed E-state index contributed by atoms with van der Waals surface area (Å²) < 4.78 is 0. The molecule has 1 aromatic rings. The minimum absolute atomic E-state index is 0.0912. The number of rotatable bonds is 3. The Balaban J connectivity index is 2.26. The summed E-state index contributed by atoms with van der Waals surface area (Å²) in [7, 11) is 0. The van der Waals surface area contributed by atoms with Gasteiger partial charge in [-0.25, -0.2) is 0 Å². The van der Waals surface area contributed by atoms with Crippen molar-refractivity contribution in [3.8, 4) is 6.07 Å². The summed E-state index contributed by atoms with van der Waals surface area (Å²) in [5.41, 5.74) is 1.83. The zero-order valence-corrected chi connectivity index (χ0v) is 11.7. The van der Waals surface area contributed by atoms with Crippen molar-refractivity contribution < 1.29 is 0 Å². The van der Waals surface area contributed by atoms with Crippen molar-refractivity contribution in [2.75, 3.05) is 24.7 Å². The van der Waals surface area contributed by atoms with Crippen LogP contribution in [-0.2, 0) is 0 Å². The molecule has 18 heavy (non-hydrogen) atoms. The SMILES string of the molecule is CSc1cccc(NC2(C)CCNCC2)c1C#N. The van der Waals surface area contributed by atoms with Crippen LogP contribution in [0, 0.1) is 11.3 Å². The van der Waals surface area contributed by atoms with Gasteiger partial charge < -0.3 is 10.6 Å². The molecule has 1 aromatic carbocycles. The molecule has 1 saturated heterocycles. The van der Waals surface area contributed by atoms with Gasteiger partial charge in [0.1, 0.15) is 6.07 Å². The van der Waals surface area contributed by atoms with Gasteiger partial charge in [-0.3, -0.25) is 0 Å². The molecule has 1 fully saturated rings. The largest absolute Gasteiger partial charge is 0.379 e. The molecule has 0 saturated carbocycles. The molecule has 0 atom stereocenters. The zero-order valence-electron chi connectivity index (χ0n) is 10.9. The fourth-order valence-corrected chi connectivity index (χ4v) is 2.92. The molecule has 96 valence electrons. The summed E-state index contributed by atoms with van der Waals surface area (Å²) in [6.07, 6.45) is 4.18. The quantitative estimate of drug-likeness (QED) is 0.821. The van der Waals surface area contributed by atoms with Crippen molar-refractivity contribution in [3.05, 3.63) is 23.8 Å². The second-order valence-electron chi connectivity index (χ2n) is 4.93. The minimum Gasteiger partial charge on any atom is -0.379 e. The number of piperidine rings is 1. The molecule has 0 unspecified atom stereocenters. The fraction of sp³-hybridized carbons (Fsp3) is 0.500. The Morgan fingerprint density at radius 1 is 1.39 bits per heavy atom. The average Bonchev–Trinajstić information content (AvgIpc) is 2.38. The third kappa shape index (κ3) is 2.80. The van der Waals surface area contributed by atoms with Crippen molar-refractivity contribution in [2.24, 2.45) is 0 Å². The molecular weight excluding hydrogens is 242 g/mol. The van der Waals surface area contributed by atoms with Crippen LogP contribution < -0.4 is 10.6 Å². The third-order valence-corrected chi connectivity index (χ3v) is 4.28. The van der Waals surface area contributed by atoms with Crippen LogP contribution in [0.1, 0.15) is 25.3 Å². The van der Waals surface area contributed by atoms with E-state index in [1.165, 1.54) is 0 Å². The first-order valence-electron chi connectivity index (χ1n) is 6.24. The maximum Gasteiger partial charge on any atom is 0.102 e. The number of thioether (sulfide) groups is 1. The highest BCUT2D eigenvalue weighted by Gasteiger charge is 2.27. The standard InChI is InChI=1S/C14H19N3S/c1-14(6-8-16-9-7-14)17-12-4-3-5-13(18-2)11(12)10-15/h3-5,16-17H,6-9H2,1-2H3. The van der Waals surface area contributed by atoms with Crippen molar-refractivity contribution >= 4 is 17.4 Å². The van der Waals surface area contributed by atoms with Gasteiger partial charge in [0, 0.05) is 10.4 Å². The van der Waals surface area contributed by atoms with Gasteiger partial charge in [-0.1, -0.05) is 6.07 Å². The molecule has 4 heteroatoms. The van der Waals surface area contributed by atoms with E-state index in [1.807, 2.05) is 24.5 Å². The summed E-state index contributed by atoms with van der Waals surface area (Å²) in [4.78, 5) is 1.04. The summed E-state index contributed by atoms with van der Waals surface area (Å²) in [6.45, 7) is 4.31. The van der Waals surface area contributed by atoms with Gasteiger partial charge in [0.15, 0.2) is 0 Å². The normalized spacial score (nSPS) is 18.1. The van der Waals surface area contributed by atoms with Crippen LogP contribution in [0.4, 0.5) is 5.69 Å². The van der Waals surface area contributed by atoms with E-state index in [4.69, 9.17) is 0 Å². The summed E-state index contributed by atoms with van der Waals surface area (Å²) in [5.74, 6) is 0. The highest BCUT2D eigenvalue weighted by Crippen LogP contribution is 2.30. The van der Waals surface area contributed by atoms with E-state index < -0.39 is 0 Å². The van der Waals surface area contributed by atoms with E-state index in [9.17, 15) is 5.26 Å². The van der Waals surface area contributed by atoms with Gasteiger partial charge in [0.05, 0.1) is 11.3 Å². The molecule has 0 amide bonds. The Labute approximate surface area is 113 Å².